The summed E-state index contributed by atoms with van der Waals surface area (Å²) in [6.45, 7) is 0.592. The average Bonchev–Trinajstić information content (AvgIpc) is 2.38. The van der Waals surface area contributed by atoms with Gasteiger partial charge in [-0.3, -0.25) is 0 Å². The fourth-order valence-corrected chi connectivity index (χ4v) is 1.79. The van der Waals surface area contributed by atoms with Gasteiger partial charge in [-0.25, -0.2) is 9.97 Å². The van der Waals surface area contributed by atoms with Crippen molar-refractivity contribution < 1.29 is 0 Å². The number of hydrogen-bond acceptors (Lipinski definition) is 4. The summed E-state index contributed by atoms with van der Waals surface area (Å²) < 4.78 is 1.02. The summed E-state index contributed by atoms with van der Waals surface area (Å²) in [4.78, 5) is 8.02. The van der Waals surface area contributed by atoms with Crippen LogP contribution in [0, 0.1) is 11.3 Å². The fourth-order valence-electron chi connectivity index (χ4n) is 1.37. The fraction of sp³-hybridized carbons (Fsp3) is 0.0833. The molecule has 0 saturated heterocycles. The van der Waals surface area contributed by atoms with Gasteiger partial charge in [-0.2, -0.15) is 5.26 Å². The lowest BCUT2D eigenvalue weighted by atomic mass is 10.2. The molecule has 0 atom stereocenters. The first-order chi connectivity index (χ1) is 8.31. The molecular formula is C12H9BrN4. The van der Waals surface area contributed by atoms with Gasteiger partial charge in [0.2, 0.25) is 0 Å². The second kappa shape index (κ2) is 5.41. The molecule has 0 bridgehead atoms. The molecule has 4 nitrogen and oxygen atoms in total. The lowest BCUT2D eigenvalue weighted by molar-refractivity contribution is 1.07. The van der Waals surface area contributed by atoms with E-state index in [1.54, 1.807) is 6.20 Å². The van der Waals surface area contributed by atoms with Crippen LogP contribution in [0.1, 0.15) is 11.3 Å². The standard InChI is InChI=1S/C12H9BrN4/c13-10-4-2-1-3-9(10)8-17-12-11(7-14)15-5-6-16-12/h1-6H,8H2,(H,16,17). The van der Waals surface area contributed by atoms with Gasteiger partial charge >= 0.3 is 0 Å². The SMILES string of the molecule is N#Cc1nccnc1NCc1ccccc1Br. The summed E-state index contributed by atoms with van der Waals surface area (Å²) in [6, 6.07) is 9.89. The van der Waals surface area contributed by atoms with E-state index in [1.807, 2.05) is 30.3 Å². The molecule has 17 heavy (non-hydrogen) atoms. The molecular weight excluding hydrogens is 280 g/mol. The Hall–Kier alpha value is -1.93. The van der Waals surface area contributed by atoms with E-state index in [9.17, 15) is 0 Å². The molecule has 1 aromatic carbocycles. The van der Waals surface area contributed by atoms with Crippen LogP contribution in [0.15, 0.2) is 41.1 Å². The van der Waals surface area contributed by atoms with Crippen LogP contribution in [0.2, 0.25) is 0 Å². The van der Waals surface area contributed by atoms with Crippen molar-refractivity contribution in [2.45, 2.75) is 6.54 Å². The number of rotatable bonds is 3. The minimum Gasteiger partial charge on any atom is -0.364 e. The molecule has 2 aromatic rings. The second-order valence-electron chi connectivity index (χ2n) is 3.31. The summed E-state index contributed by atoms with van der Waals surface area (Å²) >= 11 is 3.46. The molecule has 0 unspecified atom stereocenters. The van der Waals surface area contributed by atoms with Crippen molar-refractivity contribution in [2.75, 3.05) is 5.32 Å². The highest BCUT2D eigenvalue weighted by molar-refractivity contribution is 9.10. The minimum absolute atomic E-state index is 0.305. The first kappa shape index (κ1) is 11.6. The van der Waals surface area contributed by atoms with Gasteiger partial charge in [0.15, 0.2) is 11.5 Å². The Bertz CT molecular complexity index is 562. The maximum atomic E-state index is 8.87. The van der Waals surface area contributed by atoms with Gasteiger partial charge in [0.1, 0.15) is 6.07 Å². The van der Waals surface area contributed by atoms with Crippen molar-refractivity contribution in [2.24, 2.45) is 0 Å². The van der Waals surface area contributed by atoms with Crippen LogP contribution in [0.5, 0.6) is 0 Å². The molecule has 0 amide bonds. The third-order valence-corrected chi connectivity index (χ3v) is 2.98. The topological polar surface area (TPSA) is 61.6 Å². The van der Waals surface area contributed by atoms with Gasteiger partial charge in [0.25, 0.3) is 0 Å². The van der Waals surface area contributed by atoms with E-state index >= 15 is 0 Å². The summed E-state index contributed by atoms with van der Waals surface area (Å²) in [7, 11) is 0. The Kier molecular flexibility index (Phi) is 3.68. The average molecular weight is 289 g/mol. The highest BCUT2D eigenvalue weighted by Gasteiger charge is 2.04. The molecule has 2 rings (SSSR count). The van der Waals surface area contributed by atoms with E-state index < -0.39 is 0 Å². The predicted octanol–water partition coefficient (Wildman–Crippen LogP) is 2.72. The van der Waals surface area contributed by atoms with Crippen LogP contribution >= 0.6 is 15.9 Å². The van der Waals surface area contributed by atoms with Crippen LogP contribution in [0.3, 0.4) is 0 Å². The van der Waals surface area contributed by atoms with Gasteiger partial charge in [-0.15, -0.1) is 0 Å². The smallest absolute Gasteiger partial charge is 0.182 e. The molecule has 84 valence electrons. The number of nitrogens with one attached hydrogen (secondary N) is 1. The lowest BCUT2D eigenvalue weighted by Crippen LogP contribution is -2.04. The molecule has 1 heterocycles. The largest absolute Gasteiger partial charge is 0.364 e. The number of aromatic nitrogens is 2. The van der Waals surface area contributed by atoms with Gasteiger partial charge < -0.3 is 5.32 Å². The number of nitrogens with zero attached hydrogens (tertiary/aromatic N) is 3. The van der Waals surface area contributed by atoms with Crippen LogP contribution in [-0.4, -0.2) is 9.97 Å². The third kappa shape index (κ3) is 2.80. The van der Waals surface area contributed by atoms with Crippen molar-refractivity contribution in [3.05, 3.63) is 52.4 Å². The van der Waals surface area contributed by atoms with Crippen LogP contribution in [0.25, 0.3) is 0 Å². The number of anilines is 1. The zero-order valence-corrected chi connectivity index (χ0v) is 10.5. The Balaban J connectivity index is 2.13. The molecule has 0 saturated carbocycles. The first-order valence-electron chi connectivity index (χ1n) is 4.99. The number of nitriles is 1. The molecule has 0 radical (unpaired) electrons. The van der Waals surface area contributed by atoms with Gasteiger partial charge in [0.05, 0.1) is 0 Å². The van der Waals surface area contributed by atoms with Crippen molar-refractivity contribution >= 4 is 21.7 Å². The van der Waals surface area contributed by atoms with Gasteiger partial charge in [-0.1, -0.05) is 34.1 Å². The Morgan fingerprint density at radius 2 is 2.00 bits per heavy atom. The van der Waals surface area contributed by atoms with Crippen LogP contribution in [0.4, 0.5) is 5.82 Å². The van der Waals surface area contributed by atoms with E-state index in [-0.39, 0.29) is 0 Å². The molecule has 1 aromatic heterocycles. The van der Waals surface area contributed by atoms with Gasteiger partial charge in [-0.05, 0) is 11.6 Å². The monoisotopic (exact) mass is 288 g/mol. The van der Waals surface area contributed by atoms with E-state index in [0.717, 1.165) is 10.0 Å². The van der Waals surface area contributed by atoms with E-state index in [4.69, 9.17) is 5.26 Å². The minimum atomic E-state index is 0.305. The Morgan fingerprint density at radius 3 is 2.76 bits per heavy atom. The molecule has 0 aliphatic rings. The van der Waals surface area contributed by atoms with Crippen molar-refractivity contribution in [3.63, 3.8) is 0 Å². The summed E-state index contributed by atoms with van der Waals surface area (Å²) in [5.41, 5.74) is 1.40. The molecule has 5 heteroatoms. The summed E-state index contributed by atoms with van der Waals surface area (Å²) in [5, 5.41) is 12.0. The quantitative estimate of drug-likeness (QED) is 0.943. The van der Waals surface area contributed by atoms with E-state index in [1.165, 1.54) is 6.20 Å². The third-order valence-electron chi connectivity index (χ3n) is 2.21. The van der Waals surface area contributed by atoms with Crippen LogP contribution in [-0.2, 0) is 6.54 Å². The lowest BCUT2D eigenvalue weighted by Gasteiger charge is -2.07. The molecule has 0 aliphatic carbocycles. The maximum absolute atomic E-state index is 8.87. The molecule has 1 N–H and O–H groups in total. The zero-order valence-electron chi connectivity index (χ0n) is 8.89. The Labute approximate surface area is 107 Å². The van der Waals surface area contributed by atoms with Crippen LogP contribution < -0.4 is 5.32 Å². The molecule has 0 aliphatic heterocycles. The van der Waals surface area contributed by atoms with Gasteiger partial charge in [0, 0.05) is 23.4 Å². The summed E-state index contributed by atoms with van der Waals surface area (Å²) in [5.74, 6) is 0.505. The first-order valence-corrected chi connectivity index (χ1v) is 5.79. The molecule has 0 fully saturated rings. The Morgan fingerprint density at radius 1 is 1.24 bits per heavy atom. The van der Waals surface area contributed by atoms with Crippen molar-refractivity contribution in [1.29, 1.82) is 5.26 Å². The zero-order chi connectivity index (χ0) is 12.1. The predicted molar refractivity (Wildman–Crippen MR) is 68.2 cm³/mol. The number of halogens is 1. The summed E-state index contributed by atoms with van der Waals surface area (Å²) in [6.07, 6.45) is 3.06. The van der Waals surface area contributed by atoms with Crippen molar-refractivity contribution in [3.8, 4) is 6.07 Å². The van der Waals surface area contributed by atoms with E-state index in [0.29, 0.717) is 18.1 Å². The highest BCUT2D eigenvalue weighted by atomic mass is 79.9. The number of hydrogen-bond donors (Lipinski definition) is 1. The molecule has 0 spiro atoms. The van der Waals surface area contributed by atoms with E-state index in [2.05, 4.69) is 31.2 Å². The van der Waals surface area contributed by atoms with Crippen molar-refractivity contribution in [1.82, 2.24) is 9.97 Å². The number of benzene rings is 1. The maximum Gasteiger partial charge on any atom is 0.182 e. The highest BCUT2D eigenvalue weighted by Crippen LogP contribution is 2.17. The second-order valence-corrected chi connectivity index (χ2v) is 4.16. The normalized spacial score (nSPS) is 9.65.